The fraction of sp³-hybridized carbons (Fsp3) is 0.750. The summed E-state index contributed by atoms with van der Waals surface area (Å²) in [4.78, 5) is 12.3. The molecule has 1 unspecified atom stereocenters. The Bertz CT molecular complexity index is 229. The van der Waals surface area contributed by atoms with Crippen LogP contribution in [0.15, 0.2) is 0 Å². The van der Waals surface area contributed by atoms with Crippen LogP contribution in [0.25, 0.3) is 0 Å². The lowest BCUT2D eigenvalue weighted by Gasteiger charge is -2.20. The van der Waals surface area contributed by atoms with Gasteiger partial charge in [-0.1, -0.05) is 15.9 Å². The molecule has 0 aromatic carbocycles. The minimum atomic E-state index is -0.402. The minimum Gasteiger partial charge on any atom is -0.456 e. The second-order valence-electron chi connectivity index (χ2n) is 3.49. The number of hydrogen-bond donors (Lipinski definition) is 0. The number of hydrogen-bond acceptors (Lipinski definition) is 2. The number of carbonyl (C=O) groups excluding carboxylic acids is 1. The summed E-state index contributed by atoms with van der Waals surface area (Å²) in [6.45, 7) is 5.62. The lowest BCUT2D eigenvalue weighted by atomic mass is 10.2. The molecule has 0 heterocycles. The molecule has 0 saturated carbocycles. The van der Waals surface area contributed by atoms with E-state index >= 15 is 0 Å². The van der Waals surface area contributed by atoms with Crippen molar-refractivity contribution < 1.29 is 9.53 Å². The quantitative estimate of drug-likeness (QED) is 0.318. The summed E-state index contributed by atoms with van der Waals surface area (Å²) >= 11 is 5.52. The third kappa shape index (κ3) is 6.06. The maximum atomic E-state index is 11.5. The molecule has 5 heteroatoms. The number of carbonyl (C=O) groups is 1. The van der Waals surface area contributed by atoms with Gasteiger partial charge in [0.05, 0.1) is 4.86 Å². The highest BCUT2D eigenvalue weighted by Gasteiger charge is 2.20. The van der Waals surface area contributed by atoms with Crippen LogP contribution in [0, 0.1) is 0 Å². The molecule has 0 radical (unpaired) electrons. The van der Waals surface area contributed by atoms with Crippen LogP contribution in [-0.4, -0.2) is 28.0 Å². The van der Waals surface area contributed by atoms with Gasteiger partial charge in [0.1, 0.15) is 5.60 Å². The summed E-state index contributed by atoms with van der Waals surface area (Å²) in [5.74, 6) is -0.190. The molecule has 0 aliphatic rings. The fourth-order valence-corrected chi connectivity index (χ4v) is 4.55. The van der Waals surface area contributed by atoms with Crippen LogP contribution in [0.3, 0.4) is 0 Å². The van der Waals surface area contributed by atoms with Crippen LogP contribution < -0.4 is 0 Å². The third-order valence-electron chi connectivity index (χ3n) is 1.09. The molecule has 0 spiro atoms. The van der Waals surface area contributed by atoms with Crippen LogP contribution in [0.4, 0.5) is 0 Å². The van der Waals surface area contributed by atoms with Crippen LogP contribution in [0.5, 0.6) is 0 Å². The molecule has 0 rings (SSSR count). The zero-order valence-electron chi connectivity index (χ0n) is 8.19. The Labute approximate surface area is 102 Å². The highest BCUT2D eigenvalue weighted by molar-refractivity contribution is 14.2. The van der Waals surface area contributed by atoms with E-state index in [9.17, 15) is 4.79 Å². The van der Waals surface area contributed by atoms with E-state index in [2.05, 4.69) is 37.1 Å². The number of alkyl halides is 1. The summed E-state index contributed by atoms with van der Waals surface area (Å²) < 4.78 is 5.25. The van der Waals surface area contributed by atoms with Crippen molar-refractivity contribution in [2.45, 2.75) is 26.4 Å². The summed E-state index contributed by atoms with van der Waals surface area (Å²) in [6, 6.07) is 0. The van der Waals surface area contributed by atoms with Crippen LogP contribution in [0.2, 0.25) is 0 Å². The molecule has 78 valence electrons. The summed E-state index contributed by atoms with van der Waals surface area (Å²) in [5.41, 5.74) is -0.402. The highest BCUT2D eigenvalue weighted by Crippen LogP contribution is 2.22. The third-order valence-corrected chi connectivity index (χ3v) is 4.60. The normalized spacial score (nSPS) is 15.1. The first-order valence-electron chi connectivity index (χ1n) is 3.75. The lowest BCUT2D eigenvalue weighted by molar-refractivity contribution is -0.145. The smallest absolute Gasteiger partial charge is 0.341 e. The molecule has 0 saturated heterocycles. The topological polar surface area (TPSA) is 26.3 Å². The molecule has 13 heavy (non-hydrogen) atoms. The van der Waals surface area contributed by atoms with Gasteiger partial charge in [-0.2, -0.15) is 0 Å². The Morgan fingerprint density at radius 2 is 2.00 bits per heavy atom. The Balaban J connectivity index is 4.52. The van der Waals surface area contributed by atoms with E-state index in [4.69, 9.17) is 4.74 Å². The first-order valence-corrected chi connectivity index (χ1v) is 9.05. The van der Waals surface area contributed by atoms with Crippen molar-refractivity contribution in [3.05, 3.63) is 0 Å². The highest BCUT2D eigenvalue weighted by atomic mass is 127. The second kappa shape index (κ2) is 5.70. The van der Waals surface area contributed by atoms with E-state index in [0.717, 1.165) is 4.86 Å². The van der Waals surface area contributed by atoms with Gasteiger partial charge in [-0.05, 0) is 48.2 Å². The number of ether oxygens (including phenoxy) is 1. The first-order chi connectivity index (χ1) is 5.78. The molecule has 0 aliphatic carbocycles. The van der Waals surface area contributed by atoms with Gasteiger partial charge in [0.2, 0.25) is 0 Å². The summed E-state index contributed by atoms with van der Waals surface area (Å²) in [7, 11) is -0.0529. The molecule has 2 nitrogen and oxygen atoms in total. The number of halogens is 2. The largest absolute Gasteiger partial charge is 0.456 e. The monoisotopic (exact) mass is 380 g/mol. The SMILES string of the molecule is C/S(I)=C(/CBr)C(=O)OC(C)(C)C. The molecule has 0 aromatic rings. The molecule has 0 aromatic heterocycles. The Morgan fingerprint density at radius 1 is 1.54 bits per heavy atom. The van der Waals surface area contributed by atoms with Gasteiger partial charge < -0.3 is 4.74 Å². The Hall–Kier alpha value is 0.900. The molecule has 0 aliphatic heterocycles. The molecular weight excluding hydrogens is 367 g/mol. The van der Waals surface area contributed by atoms with E-state index in [1.165, 1.54) is 0 Å². The van der Waals surface area contributed by atoms with E-state index in [0.29, 0.717) is 5.33 Å². The van der Waals surface area contributed by atoms with Gasteiger partial charge in [0.25, 0.3) is 0 Å². The van der Waals surface area contributed by atoms with Gasteiger partial charge in [0, 0.05) is 5.33 Å². The van der Waals surface area contributed by atoms with Gasteiger partial charge in [-0.25, -0.2) is 4.79 Å². The Kier molecular flexibility index (Phi) is 6.10. The lowest BCUT2D eigenvalue weighted by Crippen LogP contribution is -2.29. The van der Waals surface area contributed by atoms with Gasteiger partial charge in [0.15, 0.2) is 0 Å². The van der Waals surface area contributed by atoms with Crippen molar-refractivity contribution in [2.24, 2.45) is 0 Å². The van der Waals surface area contributed by atoms with Crippen LogP contribution >= 0.6 is 44.8 Å². The van der Waals surface area contributed by atoms with Crippen molar-refractivity contribution >= 4 is 55.6 Å². The summed E-state index contributed by atoms with van der Waals surface area (Å²) in [6.07, 6.45) is 2.00. The maximum Gasteiger partial charge on any atom is 0.341 e. The first kappa shape index (κ1) is 13.9. The van der Waals surface area contributed by atoms with E-state index in [-0.39, 0.29) is 13.6 Å². The van der Waals surface area contributed by atoms with Crippen molar-refractivity contribution in [2.75, 3.05) is 11.6 Å². The van der Waals surface area contributed by atoms with Gasteiger partial charge in [-0.15, -0.1) is 7.66 Å². The maximum absolute atomic E-state index is 11.5. The minimum absolute atomic E-state index is 0.0529. The fourth-order valence-electron chi connectivity index (χ4n) is 0.580. The number of rotatable bonds is 2. The van der Waals surface area contributed by atoms with Crippen molar-refractivity contribution in [1.29, 1.82) is 0 Å². The van der Waals surface area contributed by atoms with E-state index in [1.807, 2.05) is 27.0 Å². The average molecular weight is 381 g/mol. The molecular formula is C8H14BrIO2S. The number of esters is 1. The molecule has 0 N–H and O–H groups in total. The predicted molar refractivity (Wildman–Crippen MR) is 72.2 cm³/mol. The standard InChI is InChI=1S/C8H14BrIO2S/c1-8(2,3)12-7(11)6(5-9)13(4)10/h5H2,1-4H3. The molecule has 1 atom stereocenters. The second-order valence-corrected chi connectivity index (χ2v) is 9.38. The zero-order valence-corrected chi connectivity index (χ0v) is 12.7. The van der Waals surface area contributed by atoms with Crippen molar-refractivity contribution in [3.63, 3.8) is 0 Å². The van der Waals surface area contributed by atoms with Crippen LogP contribution in [-0.2, 0) is 9.53 Å². The van der Waals surface area contributed by atoms with E-state index in [1.54, 1.807) is 0 Å². The van der Waals surface area contributed by atoms with Crippen molar-refractivity contribution in [1.82, 2.24) is 0 Å². The van der Waals surface area contributed by atoms with Crippen LogP contribution in [0.1, 0.15) is 20.8 Å². The predicted octanol–water partition coefficient (Wildman–Crippen LogP) is 3.14. The van der Waals surface area contributed by atoms with Gasteiger partial charge in [-0.3, -0.25) is 0 Å². The van der Waals surface area contributed by atoms with Gasteiger partial charge >= 0.3 is 5.97 Å². The average Bonchev–Trinajstić information content (AvgIpc) is 1.82. The zero-order chi connectivity index (χ0) is 10.6. The van der Waals surface area contributed by atoms with E-state index < -0.39 is 5.60 Å². The van der Waals surface area contributed by atoms with Crippen molar-refractivity contribution in [3.8, 4) is 0 Å². The molecule has 0 amide bonds. The molecule has 0 bridgehead atoms. The summed E-state index contributed by atoms with van der Waals surface area (Å²) in [5, 5.41) is 0.588. The molecule has 0 fully saturated rings. The Morgan fingerprint density at radius 3 is 2.23 bits per heavy atom.